The maximum Gasteiger partial charge on any atom is 0.124 e. The van der Waals surface area contributed by atoms with Gasteiger partial charge in [0.25, 0.3) is 0 Å². The fourth-order valence-electron chi connectivity index (χ4n) is 3.40. The standard InChI is InChI=1S/C23H28O2S/c1-17(2)9-8-14-23(3)16-22(26-19-10-6-5-7-11-19)20-15-18(24-4)12-13-21(20)25-23/h5-7,9-13,15,22H,8,14,16H2,1-4H3/t22?,23-/m1/s1. The lowest BCUT2D eigenvalue weighted by Crippen LogP contribution is -2.37. The lowest BCUT2D eigenvalue weighted by molar-refractivity contribution is 0.0559. The Morgan fingerprint density at radius 3 is 2.69 bits per heavy atom. The molecule has 3 rings (SSSR count). The van der Waals surface area contributed by atoms with Crippen molar-refractivity contribution in [1.82, 2.24) is 0 Å². The third-order valence-corrected chi connectivity index (χ3v) is 6.03. The molecular weight excluding hydrogens is 340 g/mol. The van der Waals surface area contributed by atoms with Crippen LogP contribution in [0.15, 0.2) is 65.1 Å². The highest BCUT2D eigenvalue weighted by Crippen LogP contribution is 2.50. The second-order valence-electron chi connectivity index (χ2n) is 7.40. The molecule has 2 atom stereocenters. The number of ether oxygens (including phenoxy) is 2. The normalized spacial score (nSPS) is 21.5. The van der Waals surface area contributed by atoms with Gasteiger partial charge in [-0.25, -0.2) is 0 Å². The minimum atomic E-state index is -0.153. The number of allylic oxidation sites excluding steroid dienone is 2. The maximum atomic E-state index is 6.47. The molecule has 1 aliphatic rings. The third kappa shape index (κ3) is 4.64. The summed E-state index contributed by atoms with van der Waals surface area (Å²) in [6.07, 6.45) is 5.36. The molecule has 0 radical (unpaired) electrons. The quantitative estimate of drug-likeness (QED) is 0.521. The Kier molecular flexibility index (Phi) is 5.98. The molecule has 0 saturated carbocycles. The number of hydrogen-bond acceptors (Lipinski definition) is 3. The molecule has 3 heteroatoms. The number of hydrogen-bond donors (Lipinski definition) is 0. The number of methoxy groups -OCH3 is 1. The Balaban J connectivity index is 1.88. The van der Waals surface area contributed by atoms with Crippen LogP contribution in [0.2, 0.25) is 0 Å². The molecule has 0 fully saturated rings. The minimum absolute atomic E-state index is 0.153. The summed E-state index contributed by atoms with van der Waals surface area (Å²) >= 11 is 1.92. The highest BCUT2D eigenvalue weighted by Gasteiger charge is 2.37. The molecule has 1 aliphatic heterocycles. The van der Waals surface area contributed by atoms with Gasteiger partial charge in [-0.05, 0) is 63.9 Å². The Bertz CT molecular complexity index is 765. The first kappa shape index (κ1) is 18.9. The van der Waals surface area contributed by atoms with E-state index in [0.29, 0.717) is 5.25 Å². The van der Waals surface area contributed by atoms with Crippen LogP contribution in [0, 0.1) is 0 Å². The molecule has 2 aromatic carbocycles. The van der Waals surface area contributed by atoms with E-state index in [4.69, 9.17) is 9.47 Å². The zero-order valence-electron chi connectivity index (χ0n) is 16.1. The van der Waals surface area contributed by atoms with Crippen LogP contribution in [0.25, 0.3) is 0 Å². The second-order valence-corrected chi connectivity index (χ2v) is 8.68. The van der Waals surface area contributed by atoms with Crippen LogP contribution in [-0.2, 0) is 0 Å². The van der Waals surface area contributed by atoms with Gasteiger partial charge in [-0.15, -0.1) is 11.8 Å². The van der Waals surface area contributed by atoms with Crippen molar-refractivity contribution in [2.24, 2.45) is 0 Å². The number of thioether (sulfide) groups is 1. The fourth-order valence-corrected chi connectivity index (χ4v) is 4.78. The van der Waals surface area contributed by atoms with Gasteiger partial charge in [-0.3, -0.25) is 0 Å². The first-order chi connectivity index (χ1) is 12.5. The molecule has 0 N–H and O–H groups in total. The topological polar surface area (TPSA) is 18.5 Å². The average molecular weight is 369 g/mol. The molecule has 2 aromatic rings. The molecule has 2 nitrogen and oxygen atoms in total. The van der Waals surface area contributed by atoms with Crippen LogP contribution in [-0.4, -0.2) is 12.7 Å². The van der Waals surface area contributed by atoms with Gasteiger partial charge < -0.3 is 9.47 Å². The highest BCUT2D eigenvalue weighted by atomic mass is 32.2. The predicted molar refractivity (Wildman–Crippen MR) is 110 cm³/mol. The smallest absolute Gasteiger partial charge is 0.124 e. The zero-order valence-corrected chi connectivity index (χ0v) is 16.9. The van der Waals surface area contributed by atoms with Gasteiger partial charge in [0.15, 0.2) is 0 Å². The number of benzene rings is 2. The summed E-state index contributed by atoms with van der Waals surface area (Å²) in [5, 5.41) is 0.355. The van der Waals surface area contributed by atoms with Crippen molar-refractivity contribution >= 4 is 11.8 Å². The monoisotopic (exact) mass is 368 g/mol. The lowest BCUT2D eigenvalue weighted by Gasteiger charge is -2.40. The van der Waals surface area contributed by atoms with Gasteiger partial charge in [0.2, 0.25) is 0 Å². The van der Waals surface area contributed by atoms with Crippen molar-refractivity contribution < 1.29 is 9.47 Å². The molecule has 0 spiro atoms. The molecule has 0 bridgehead atoms. The third-order valence-electron chi connectivity index (χ3n) is 4.78. The van der Waals surface area contributed by atoms with Crippen molar-refractivity contribution in [3.63, 3.8) is 0 Å². The molecule has 0 aliphatic carbocycles. The average Bonchev–Trinajstić information content (AvgIpc) is 2.62. The summed E-state index contributed by atoms with van der Waals surface area (Å²) in [4.78, 5) is 1.29. The van der Waals surface area contributed by atoms with E-state index in [1.54, 1.807) is 7.11 Å². The molecule has 138 valence electrons. The van der Waals surface area contributed by atoms with E-state index in [2.05, 4.69) is 69.3 Å². The van der Waals surface area contributed by atoms with E-state index < -0.39 is 0 Å². The van der Waals surface area contributed by atoms with E-state index in [-0.39, 0.29) is 5.60 Å². The predicted octanol–water partition coefficient (Wildman–Crippen LogP) is 6.82. The Hall–Kier alpha value is -1.87. The first-order valence-corrected chi connectivity index (χ1v) is 10.1. The Morgan fingerprint density at radius 2 is 2.00 bits per heavy atom. The second kappa shape index (κ2) is 8.22. The van der Waals surface area contributed by atoms with Crippen LogP contribution >= 0.6 is 11.8 Å². The van der Waals surface area contributed by atoms with E-state index in [9.17, 15) is 0 Å². The van der Waals surface area contributed by atoms with Crippen molar-refractivity contribution in [2.75, 3.05) is 7.11 Å². The highest BCUT2D eigenvalue weighted by molar-refractivity contribution is 7.99. The lowest BCUT2D eigenvalue weighted by atomic mass is 9.88. The molecule has 0 amide bonds. The van der Waals surface area contributed by atoms with Crippen LogP contribution in [0.5, 0.6) is 11.5 Å². The first-order valence-electron chi connectivity index (χ1n) is 9.21. The van der Waals surface area contributed by atoms with Crippen LogP contribution in [0.1, 0.15) is 50.8 Å². The summed E-state index contributed by atoms with van der Waals surface area (Å²) in [6.45, 7) is 6.55. The molecule has 26 heavy (non-hydrogen) atoms. The van der Waals surface area contributed by atoms with Crippen molar-refractivity contribution in [3.8, 4) is 11.5 Å². The summed E-state index contributed by atoms with van der Waals surface area (Å²) in [6, 6.07) is 16.8. The summed E-state index contributed by atoms with van der Waals surface area (Å²) in [5.41, 5.74) is 2.45. The minimum Gasteiger partial charge on any atom is -0.497 e. The SMILES string of the molecule is COc1ccc2c(c1)C(Sc1ccccc1)C[C@@](C)(CCC=C(C)C)O2. The van der Waals surface area contributed by atoms with Crippen LogP contribution in [0.3, 0.4) is 0 Å². The molecule has 1 heterocycles. The van der Waals surface area contributed by atoms with Crippen LogP contribution in [0.4, 0.5) is 0 Å². The molecular formula is C23H28O2S. The zero-order chi connectivity index (χ0) is 18.6. The summed E-state index contributed by atoms with van der Waals surface area (Å²) < 4.78 is 11.9. The molecule has 0 aromatic heterocycles. The van der Waals surface area contributed by atoms with E-state index >= 15 is 0 Å². The van der Waals surface area contributed by atoms with Gasteiger partial charge >= 0.3 is 0 Å². The summed E-state index contributed by atoms with van der Waals surface area (Å²) in [7, 11) is 1.72. The Labute approximate surface area is 161 Å². The molecule has 1 unspecified atom stereocenters. The van der Waals surface area contributed by atoms with Gasteiger partial charge in [-0.2, -0.15) is 0 Å². The maximum absolute atomic E-state index is 6.47. The van der Waals surface area contributed by atoms with Crippen LogP contribution < -0.4 is 9.47 Å². The van der Waals surface area contributed by atoms with Gasteiger partial charge in [0.05, 0.1) is 7.11 Å². The van der Waals surface area contributed by atoms with Gasteiger partial charge in [0, 0.05) is 22.1 Å². The van der Waals surface area contributed by atoms with Gasteiger partial charge in [-0.1, -0.05) is 29.8 Å². The number of fused-ring (bicyclic) bond motifs is 1. The fraction of sp³-hybridized carbons (Fsp3) is 0.391. The van der Waals surface area contributed by atoms with E-state index in [1.165, 1.54) is 16.0 Å². The largest absolute Gasteiger partial charge is 0.497 e. The van der Waals surface area contributed by atoms with Crippen molar-refractivity contribution in [2.45, 2.75) is 55.8 Å². The molecule has 0 saturated heterocycles. The summed E-state index contributed by atoms with van der Waals surface area (Å²) in [5.74, 6) is 1.88. The van der Waals surface area contributed by atoms with Gasteiger partial charge in [0.1, 0.15) is 17.1 Å². The van der Waals surface area contributed by atoms with Crippen molar-refractivity contribution in [3.05, 3.63) is 65.7 Å². The number of rotatable bonds is 6. The van der Waals surface area contributed by atoms with E-state index in [1.807, 2.05) is 17.8 Å². The van der Waals surface area contributed by atoms with E-state index in [0.717, 1.165) is 30.8 Å². The Morgan fingerprint density at radius 1 is 1.23 bits per heavy atom. The van der Waals surface area contributed by atoms with Crippen molar-refractivity contribution in [1.29, 1.82) is 0 Å².